The number of alkyl halides is 2. The summed E-state index contributed by atoms with van der Waals surface area (Å²) in [4.78, 5) is 0. The van der Waals surface area contributed by atoms with Crippen molar-refractivity contribution in [1.29, 1.82) is 0 Å². The number of benzene rings is 2. The molecule has 1 aliphatic carbocycles. The minimum atomic E-state index is -3.52. The molecule has 0 amide bonds. The number of fused-ring (bicyclic) bond motifs is 3. The van der Waals surface area contributed by atoms with Gasteiger partial charge in [-0.3, -0.25) is 0 Å². The second-order valence-corrected chi connectivity index (χ2v) is 7.45. The minimum Gasteiger partial charge on any atom is -0.425 e. The fraction of sp³-hybridized carbons (Fsp3) is 0.429. The Labute approximate surface area is 145 Å². The van der Waals surface area contributed by atoms with Crippen LogP contribution in [0.25, 0.3) is 11.1 Å². The molecule has 2 aromatic rings. The van der Waals surface area contributed by atoms with Gasteiger partial charge in [0.15, 0.2) is 11.6 Å². The molecule has 25 heavy (non-hydrogen) atoms. The van der Waals surface area contributed by atoms with Crippen molar-refractivity contribution >= 4 is 0 Å². The van der Waals surface area contributed by atoms with Gasteiger partial charge in [-0.05, 0) is 54.4 Å². The van der Waals surface area contributed by atoms with Gasteiger partial charge in [-0.25, -0.2) is 4.39 Å². The lowest BCUT2D eigenvalue weighted by molar-refractivity contribution is -0.188. The Kier molecular flexibility index (Phi) is 3.82. The van der Waals surface area contributed by atoms with Gasteiger partial charge in [-0.2, -0.15) is 8.78 Å². The topological polar surface area (TPSA) is 9.23 Å². The molecule has 4 rings (SSSR count). The first-order chi connectivity index (χ1) is 11.9. The fourth-order valence-corrected chi connectivity index (χ4v) is 4.03. The van der Waals surface area contributed by atoms with Crippen molar-refractivity contribution in [2.75, 3.05) is 0 Å². The molecule has 1 saturated carbocycles. The third kappa shape index (κ3) is 2.72. The molecule has 1 nitrogen and oxygen atoms in total. The quantitative estimate of drug-likeness (QED) is 0.570. The summed E-state index contributed by atoms with van der Waals surface area (Å²) in [7, 11) is 0. The van der Waals surface area contributed by atoms with E-state index in [2.05, 4.69) is 6.92 Å². The molecular formula is C21H21F3O. The lowest BCUT2D eigenvalue weighted by Gasteiger charge is -2.31. The molecule has 132 valence electrons. The van der Waals surface area contributed by atoms with Crippen LogP contribution in [0.4, 0.5) is 13.2 Å². The molecule has 2 aromatic carbocycles. The van der Waals surface area contributed by atoms with E-state index in [1.54, 1.807) is 31.2 Å². The van der Waals surface area contributed by atoms with E-state index in [0.717, 1.165) is 31.2 Å². The SMILES string of the molecule is Cc1ccc2c(c1F)OC(F)(F)c1cc(C3CCC(C)CC3)ccc1-2. The number of hydrogen-bond acceptors (Lipinski definition) is 1. The molecule has 4 heteroatoms. The summed E-state index contributed by atoms with van der Waals surface area (Å²) < 4.78 is 48.3. The zero-order chi connectivity index (χ0) is 17.8. The summed E-state index contributed by atoms with van der Waals surface area (Å²) >= 11 is 0. The molecule has 2 aliphatic rings. The average Bonchev–Trinajstić information content (AvgIpc) is 2.59. The van der Waals surface area contributed by atoms with E-state index >= 15 is 0 Å². The van der Waals surface area contributed by atoms with Crippen LogP contribution in [0.3, 0.4) is 0 Å². The summed E-state index contributed by atoms with van der Waals surface area (Å²) in [5, 5.41) is 0. The summed E-state index contributed by atoms with van der Waals surface area (Å²) in [6.45, 7) is 3.78. The summed E-state index contributed by atoms with van der Waals surface area (Å²) in [5.41, 5.74) is 1.83. The maximum atomic E-state index is 14.6. The van der Waals surface area contributed by atoms with Crippen molar-refractivity contribution < 1.29 is 17.9 Å². The second-order valence-electron chi connectivity index (χ2n) is 7.45. The molecular weight excluding hydrogens is 325 g/mol. The number of hydrogen-bond donors (Lipinski definition) is 0. The maximum absolute atomic E-state index is 14.6. The lowest BCUT2D eigenvalue weighted by Crippen LogP contribution is -2.27. The molecule has 1 heterocycles. The highest BCUT2D eigenvalue weighted by atomic mass is 19.3. The van der Waals surface area contributed by atoms with Crippen LogP contribution in [-0.4, -0.2) is 0 Å². The van der Waals surface area contributed by atoms with Crippen molar-refractivity contribution in [2.24, 2.45) is 5.92 Å². The van der Waals surface area contributed by atoms with Crippen LogP contribution in [0.5, 0.6) is 5.75 Å². The highest BCUT2D eigenvalue weighted by Crippen LogP contribution is 2.49. The van der Waals surface area contributed by atoms with Gasteiger partial charge in [0.2, 0.25) is 0 Å². The van der Waals surface area contributed by atoms with Crippen molar-refractivity contribution in [3.05, 3.63) is 52.8 Å². The Morgan fingerprint density at radius 2 is 1.68 bits per heavy atom. The monoisotopic (exact) mass is 346 g/mol. The zero-order valence-electron chi connectivity index (χ0n) is 14.4. The van der Waals surface area contributed by atoms with E-state index in [4.69, 9.17) is 4.74 Å². The lowest BCUT2D eigenvalue weighted by atomic mass is 9.78. The largest absolute Gasteiger partial charge is 0.427 e. The first-order valence-corrected chi connectivity index (χ1v) is 8.87. The van der Waals surface area contributed by atoms with Crippen LogP contribution < -0.4 is 4.74 Å². The van der Waals surface area contributed by atoms with Gasteiger partial charge in [0.25, 0.3) is 0 Å². The summed E-state index contributed by atoms with van der Waals surface area (Å²) in [5.74, 6) is -0.0462. The standard InChI is InChI=1S/C21H21F3O/c1-12-3-6-14(7-4-12)15-8-10-16-17-9-5-13(2)19(22)20(17)25-21(23,24)18(16)11-15/h5,8-12,14H,3-4,6-7H2,1-2H3. The van der Waals surface area contributed by atoms with Crippen LogP contribution in [0.1, 0.15) is 55.2 Å². The van der Waals surface area contributed by atoms with Gasteiger partial charge in [0.1, 0.15) is 0 Å². The first kappa shape index (κ1) is 16.5. The zero-order valence-corrected chi connectivity index (χ0v) is 14.4. The molecule has 0 aromatic heterocycles. The molecule has 0 atom stereocenters. The Bertz CT molecular complexity index is 820. The molecule has 0 spiro atoms. The Hall–Kier alpha value is -1.97. The van der Waals surface area contributed by atoms with E-state index in [1.807, 2.05) is 6.07 Å². The molecule has 0 bridgehead atoms. The fourth-order valence-electron chi connectivity index (χ4n) is 4.03. The number of rotatable bonds is 1. The van der Waals surface area contributed by atoms with Crippen LogP contribution in [0.15, 0.2) is 30.3 Å². The molecule has 0 unspecified atom stereocenters. The van der Waals surface area contributed by atoms with Crippen LogP contribution in [0, 0.1) is 18.7 Å². The molecule has 1 fully saturated rings. The van der Waals surface area contributed by atoms with Crippen LogP contribution in [-0.2, 0) is 6.11 Å². The van der Waals surface area contributed by atoms with Gasteiger partial charge in [-0.1, -0.05) is 44.0 Å². The van der Waals surface area contributed by atoms with Gasteiger partial charge in [-0.15, -0.1) is 0 Å². The molecule has 0 radical (unpaired) electrons. The van der Waals surface area contributed by atoms with E-state index in [-0.39, 0.29) is 11.3 Å². The molecule has 1 aliphatic heterocycles. The maximum Gasteiger partial charge on any atom is 0.427 e. The van der Waals surface area contributed by atoms with Gasteiger partial charge < -0.3 is 4.74 Å². The average molecular weight is 346 g/mol. The van der Waals surface area contributed by atoms with Gasteiger partial charge in [0.05, 0.1) is 5.56 Å². The normalized spacial score (nSPS) is 24.2. The summed E-state index contributed by atoms with van der Waals surface area (Å²) in [6.07, 6.45) is 0.784. The minimum absolute atomic E-state index is 0.153. The highest BCUT2D eigenvalue weighted by Gasteiger charge is 2.43. The van der Waals surface area contributed by atoms with E-state index in [9.17, 15) is 13.2 Å². The highest BCUT2D eigenvalue weighted by molar-refractivity contribution is 5.77. The van der Waals surface area contributed by atoms with E-state index in [1.165, 1.54) is 0 Å². The Morgan fingerprint density at radius 3 is 2.40 bits per heavy atom. The van der Waals surface area contributed by atoms with Crippen LogP contribution in [0.2, 0.25) is 0 Å². The number of aryl methyl sites for hydroxylation is 1. The third-order valence-electron chi connectivity index (χ3n) is 5.66. The Balaban J connectivity index is 1.80. The second kappa shape index (κ2) is 5.79. The number of ether oxygens (including phenoxy) is 1. The predicted octanol–water partition coefficient (Wildman–Crippen LogP) is 6.54. The first-order valence-electron chi connectivity index (χ1n) is 8.87. The van der Waals surface area contributed by atoms with Gasteiger partial charge >= 0.3 is 6.11 Å². The Morgan fingerprint density at radius 1 is 1.00 bits per heavy atom. The number of halogens is 3. The van der Waals surface area contributed by atoms with Crippen molar-refractivity contribution in [3.8, 4) is 16.9 Å². The van der Waals surface area contributed by atoms with Crippen molar-refractivity contribution in [3.63, 3.8) is 0 Å². The van der Waals surface area contributed by atoms with Crippen molar-refractivity contribution in [1.82, 2.24) is 0 Å². The molecule has 0 saturated heterocycles. The van der Waals surface area contributed by atoms with E-state index < -0.39 is 11.9 Å². The smallest absolute Gasteiger partial charge is 0.425 e. The third-order valence-corrected chi connectivity index (χ3v) is 5.66. The molecule has 0 N–H and O–H groups in total. The van der Waals surface area contributed by atoms with Crippen LogP contribution >= 0.6 is 0 Å². The van der Waals surface area contributed by atoms with Crippen molar-refractivity contribution in [2.45, 2.75) is 51.6 Å². The summed E-state index contributed by atoms with van der Waals surface area (Å²) in [6, 6.07) is 8.44. The van der Waals surface area contributed by atoms with E-state index in [0.29, 0.717) is 28.5 Å². The van der Waals surface area contributed by atoms with Gasteiger partial charge in [0, 0.05) is 5.56 Å². The predicted molar refractivity (Wildman–Crippen MR) is 91.5 cm³/mol.